The lowest BCUT2D eigenvalue weighted by Gasteiger charge is -2.11. The summed E-state index contributed by atoms with van der Waals surface area (Å²) in [6.45, 7) is 3.59. The molecular weight excluding hydrogens is 374 g/mol. The lowest BCUT2D eigenvalue weighted by atomic mass is 10.2. The fourth-order valence-corrected chi connectivity index (χ4v) is 2.44. The summed E-state index contributed by atoms with van der Waals surface area (Å²) in [5, 5.41) is 2.85. The molecule has 0 atom stereocenters. The third kappa shape index (κ3) is 5.25. The van der Waals surface area contributed by atoms with E-state index in [1.54, 1.807) is 24.3 Å². The minimum absolute atomic E-state index is 0.250. The molecule has 0 radical (unpaired) electrons. The first-order chi connectivity index (χ1) is 11.6. The molecule has 0 saturated carbocycles. The van der Waals surface area contributed by atoms with E-state index in [4.69, 9.17) is 14.2 Å². The van der Waals surface area contributed by atoms with Gasteiger partial charge in [0.2, 0.25) is 0 Å². The molecule has 0 spiro atoms. The second-order valence-electron chi connectivity index (χ2n) is 4.87. The summed E-state index contributed by atoms with van der Waals surface area (Å²) in [6.07, 6.45) is 0. The fourth-order valence-electron chi connectivity index (χ4n) is 2.08. The van der Waals surface area contributed by atoms with Crippen molar-refractivity contribution in [3.8, 4) is 11.5 Å². The van der Waals surface area contributed by atoms with Gasteiger partial charge in [0.15, 0.2) is 0 Å². The van der Waals surface area contributed by atoms with Gasteiger partial charge in [0, 0.05) is 22.8 Å². The number of methoxy groups -OCH3 is 1. The molecule has 128 valence electrons. The summed E-state index contributed by atoms with van der Waals surface area (Å²) in [6, 6.07) is 12.5. The van der Waals surface area contributed by atoms with Crippen molar-refractivity contribution in [2.75, 3.05) is 32.2 Å². The van der Waals surface area contributed by atoms with Crippen LogP contribution in [0.25, 0.3) is 0 Å². The third-order valence-corrected chi connectivity index (χ3v) is 3.69. The number of carbonyl (C=O) groups excluding carboxylic acids is 1. The van der Waals surface area contributed by atoms with Crippen molar-refractivity contribution >= 4 is 27.5 Å². The maximum atomic E-state index is 12.5. The lowest BCUT2D eigenvalue weighted by Crippen LogP contribution is -2.13. The smallest absolute Gasteiger partial charge is 0.259 e. The topological polar surface area (TPSA) is 56.8 Å². The minimum atomic E-state index is -0.250. The molecule has 1 amide bonds. The van der Waals surface area contributed by atoms with Gasteiger partial charge in [-0.1, -0.05) is 22.0 Å². The van der Waals surface area contributed by atoms with Crippen LogP contribution in [0, 0.1) is 0 Å². The van der Waals surface area contributed by atoms with Crippen LogP contribution in [0.1, 0.15) is 17.3 Å². The number of hydrogen-bond acceptors (Lipinski definition) is 4. The maximum Gasteiger partial charge on any atom is 0.259 e. The Morgan fingerprint density at radius 1 is 1.17 bits per heavy atom. The Bertz CT molecular complexity index is 690. The molecule has 0 bridgehead atoms. The molecule has 24 heavy (non-hydrogen) atoms. The van der Waals surface area contributed by atoms with Crippen LogP contribution in [-0.4, -0.2) is 32.8 Å². The van der Waals surface area contributed by atoms with Crippen LogP contribution in [0.2, 0.25) is 0 Å². The predicted molar refractivity (Wildman–Crippen MR) is 97.1 cm³/mol. The van der Waals surface area contributed by atoms with Crippen LogP contribution < -0.4 is 14.8 Å². The Balaban J connectivity index is 2.05. The highest BCUT2D eigenvalue weighted by molar-refractivity contribution is 9.10. The average Bonchev–Trinajstić information content (AvgIpc) is 2.59. The van der Waals surface area contributed by atoms with Gasteiger partial charge < -0.3 is 19.5 Å². The van der Waals surface area contributed by atoms with Gasteiger partial charge in [0.05, 0.1) is 19.3 Å². The first-order valence-electron chi connectivity index (χ1n) is 7.59. The molecule has 0 saturated heterocycles. The Morgan fingerprint density at radius 2 is 2.00 bits per heavy atom. The highest BCUT2D eigenvalue weighted by atomic mass is 79.9. The van der Waals surface area contributed by atoms with Crippen LogP contribution in [0.15, 0.2) is 46.9 Å². The largest absolute Gasteiger partial charge is 0.496 e. The van der Waals surface area contributed by atoms with E-state index in [0.29, 0.717) is 42.6 Å². The van der Waals surface area contributed by atoms with Gasteiger partial charge in [0.25, 0.3) is 5.91 Å². The summed E-state index contributed by atoms with van der Waals surface area (Å²) in [7, 11) is 1.53. The summed E-state index contributed by atoms with van der Waals surface area (Å²) in [4.78, 5) is 12.5. The number of rotatable bonds is 8. The number of ether oxygens (including phenoxy) is 3. The van der Waals surface area contributed by atoms with Crippen LogP contribution >= 0.6 is 15.9 Å². The normalized spacial score (nSPS) is 10.3. The van der Waals surface area contributed by atoms with Crippen molar-refractivity contribution in [2.45, 2.75) is 6.92 Å². The SMILES string of the molecule is CCOCCOc1cccc(NC(=O)c2cc(Br)ccc2OC)c1. The van der Waals surface area contributed by atoms with Gasteiger partial charge >= 0.3 is 0 Å². The quantitative estimate of drug-likeness (QED) is 0.685. The summed E-state index contributed by atoms with van der Waals surface area (Å²) in [5.41, 5.74) is 1.10. The van der Waals surface area contributed by atoms with Gasteiger partial charge in [-0.15, -0.1) is 0 Å². The molecule has 0 fully saturated rings. The van der Waals surface area contributed by atoms with Crippen LogP contribution in [0.5, 0.6) is 11.5 Å². The van der Waals surface area contributed by atoms with Crippen molar-refractivity contribution in [1.82, 2.24) is 0 Å². The Labute approximate surface area is 150 Å². The zero-order chi connectivity index (χ0) is 17.4. The third-order valence-electron chi connectivity index (χ3n) is 3.20. The van der Waals surface area contributed by atoms with Crippen LogP contribution in [0.3, 0.4) is 0 Å². The number of halogens is 1. The molecule has 5 nitrogen and oxygen atoms in total. The minimum Gasteiger partial charge on any atom is -0.496 e. The Morgan fingerprint density at radius 3 is 2.75 bits per heavy atom. The molecule has 0 aromatic heterocycles. The molecule has 0 unspecified atom stereocenters. The molecule has 2 rings (SSSR count). The van der Waals surface area contributed by atoms with Crippen LogP contribution in [0.4, 0.5) is 5.69 Å². The average molecular weight is 394 g/mol. The molecule has 0 aliphatic heterocycles. The molecule has 0 heterocycles. The van der Waals surface area contributed by atoms with Gasteiger partial charge in [-0.2, -0.15) is 0 Å². The van der Waals surface area contributed by atoms with Crippen molar-refractivity contribution in [2.24, 2.45) is 0 Å². The number of benzene rings is 2. The zero-order valence-electron chi connectivity index (χ0n) is 13.7. The number of hydrogen-bond donors (Lipinski definition) is 1. The van der Waals surface area contributed by atoms with Crippen molar-refractivity contribution < 1.29 is 19.0 Å². The highest BCUT2D eigenvalue weighted by Crippen LogP contribution is 2.25. The maximum absolute atomic E-state index is 12.5. The standard InChI is InChI=1S/C18H20BrNO4/c1-3-23-9-10-24-15-6-4-5-14(12-15)20-18(21)16-11-13(19)7-8-17(16)22-2/h4-8,11-12H,3,9-10H2,1-2H3,(H,20,21). The van der Waals surface area contributed by atoms with E-state index in [1.807, 2.05) is 25.1 Å². The molecule has 0 aliphatic rings. The Kier molecular flexibility index (Phi) is 7.08. The highest BCUT2D eigenvalue weighted by Gasteiger charge is 2.13. The van der Waals surface area contributed by atoms with E-state index in [-0.39, 0.29) is 5.91 Å². The first kappa shape index (κ1) is 18.3. The second-order valence-corrected chi connectivity index (χ2v) is 5.79. The molecule has 2 aromatic rings. The molecule has 1 N–H and O–H groups in total. The second kappa shape index (κ2) is 9.30. The van der Waals surface area contributed by atoms with E-state index < -0.39 is 0 Å². The van der Waals surface area contributed by atoms with Gasteiger partial charge in [-0.05, 0) is 37.3 Å². The molecule has 2 aromatic carbocycles. The van der Waals surface area contributed by atoms with E-state index in [0.717, 1.165) is 4.47 Å². The Hall–Kier alpha value is -2.05. The fraction of sp³-hybridized carbons (Fsp3) is 0.278. The van der Waals surface area contributed by atoms with Crippen molar-refractivity contribution in [3.05, 3.63) is 52.5 Å². The van der Waals surface area contributed by atoms with E-state index in [9.17, 15) is 4.79 Å². The van der Waals surface area contributed by atoms with Crippen molar-refractivity contribution in [1.29, 1.82) is 0 Å². The molecule has 6 heteroatoms. The zero-order valence-corrected chi connectivity index (χ0v) is 15.3. The van der Waals surface area contributed by atoms with Crippen LogP contribution in [-0.2, 0) is 4.74 Å². The van der Waals surface area contributed by atoms with Gasteiger partial charge in [-0.3, -0.25) is 4.79 Å². The van der Waals surface area contributed by atoms with E-state index in [1.165, 1.54) is 7.11 Å². The summed E-state index contributed by atoms with van der Waals surface area (Å²) in [5.74, 6) is 0.938. The number of amides is 1. The summed E-state index contributed by atoms with van der Waals surface area (Å²) < 4.78 is 16.9. The van der Waals surface area contributed by atoms with E-state index in [2.05, 4.69) is 21.2 Å². The van der Waals surface area contributed by atoms with E-state index >= 15 is 0 Å². The number of carbonyl (C=O) groups is 1. The first-order valence-corrected chi connectivity index (χ1v) is 8.39. The monoisotopic (exact) mass is 393 g/mol. The molecular formula is C18H20BrNO4. The number of anilines is 1. The predicted octanol–water partition coefficient (Wildman–Crippen LogP) is 4.13. The summed E-state index contributed by atoms with van der Waals surface area (Å²) >= 11 is 3.36. The molecule has 0 aliphatic carbocycles. The number of nitrogens with one attached hydrogen (secondary N) is 1. The van der Waals surface area contributed by atoms with Crippen molar-refractivity contribution in [3.63, 3.8) is 0 Å². The van der Waals surface area contributed by atoms with Gasteiger partial charge in [-0.25, -0.2) is 0 Å². The lowest BCUT2D eigenvalue weighted by molar-refractivity contribution is 0.102. The van der Waals surface area contributed by atoms with Gasteiger partial charge in [0.1, 0.15) is 18.1 Å².